The number of aromatic hydroxyl groups is 1. The number of piperidine rings is 2. The lowest BCUT2D eigenvalue weighted by Crippen LogP contribution is -2.52. The van der Waals surface area contributed by atoms with Crippen LogP contribution >= 0.6 is 11.3 Å². The first kappa shape index (κ1) is 43.0. The summed E-state index contributed by atoms with van der Waals surface area (Å²) in [6.45, 7) is 12.1. The van der Waals surface area contributed by atoms with Crippen molar-refractivity contribution in [1.29, 1.82) is 0 Å². The Kier molecular flexibility index (Phi) is 12.1. The summed E-state index contributed by atoms with van der Waals surface area (Å²) in [4.78, 5) is 11.2. The third kappa shape index (κ3) is 8.69. The van der Waals surface area contributed by atoms with Crippen LogP contribution in [-0.2, 0) is 6.42 Å². The van der Waals surface area contributed by atoms with Gasteiger partial charge in [-0.05, 0) is 162 Å². The molecule has 2 fully saturated rings. The van der Waals surface area contributed by atoms with Gasteiger partial charge in [0.15, 0.2) is 5.82 Å². The highest BCUT2D eigenvalue weighted by atomic mass is 32.1. The molecule has 10 rings (SSSR count). The van der Waals surface area contributed by atoms with Crippen LogP contribution in [0, 0.1) is 38.2 Å². The number of thiophene rings is 1. The van der Waals surface area contributed by atoms with E-state index < -0.39 is 17.2 Å². The van der Waals surface area contributed by atoms with Crippen LogP contribution in [0.1, 0.15) is 119 Å². The zero-order valence-corrected chi connectivity index (χ0v) is 37.2. The van der Waals surface area contributed by atoms with Gasteiger partial charge >= 0.3 is 0 Å². The molecule has 2 N–H and O–H groups in total. The van der Waals surface area contributed by atoms with Gasteiger partial charge in [-0.2, -0.15) is 0 Å². The third-order valence-electron chi connectivity index (χ3n) is 13.8. The fourth-order valence-electron chi connectivity index (χ4n) is 10.2. The van der Waals surface area contributed by atoms with Gasteiger partial charge in [0.2, 0.25) is 0 Å². The standard InChI is InChI=1S/C45H50F2N6O2S.C6H5F/c1-26-28(3)56-44-40(26)42(48-27(2)43-50-49-29(4)53(43)44)31-8-10-34(11-9-31)52-20-16-45(55,17-21-52)25-51-18-14-30(15-19-51)33-23-38(46)41(39(47)24-33)37-7-5-6-32-22-35(54)12-13-36(32)37;7-6-4-2-1-3-5-6/h8-13,22-24,27,30,37,54-55H,5-7,14-21,25H2,1-4H3;1-5H/t27-,37+;/m0./s1. The van der Waals surface area contributed by atoms with Gasteiger partial charge < -0.3 is 20.0 Å². The molecule has 0 amide bonds. The highest BCUT2D eigenvalue weighted by Crippen LogP contribution is 2.43. The molecular weight excluding hydrogens is 818 g/mol. The lowest BCUT2D eigenvalue weighted by molar-refractivity contribution is -0.0213. The number of nitrogens with zero attached hydrogens (tertiary/aromatic N) is 6. The van der Waals surface area contributed by atoms with Crippen molar-refractivity contribution in [2.45, 2.75) is 96.1 Å². The Morgan fingerprint density at radius 3 is 2.19 bits per heavy atom. The van der Waals surface area contributed by atoms with Gasteiger partial charge in [-0.25, -0.2) is 13.2 Å². The number of aromatic nitrogens is 3. The van der Waals surface area contributed by atoms with Crippen LogP contribution < -0.4 is 4.90 Å². The highest BCUT2D eigenvalue weighted by Gasteiger charge is 2.37. The molecule has 5 heterocycles. The summed E-state index contributed by atoms with van der Waals surface area (Å²) in [6.07, 6.45) is 5.28. The number of fused-ring (bicyclic) bond motifs is 4. The summed E-state index contributed by atoms with van der Waals surface area (Å²) in [7, 11) is 0. The highest BCUT2D eigenvalue weighted by molar-refractivity contribution is 7.15. The minimum absolute atomic E-state index is 0.0784. The largest absolute Gasteiger partial charge is 0.508 e. The molecule has 0 unspecified atom stereocenters. The average Bonchev–Trinajstić information content (AvgIpc) is 3.76. The molecule has 12 heteroatoms. The van der Waals surface area contributed by atoms with E-state index in [9.17, 15) is 14.6 Å². The molecule has 1 aliphatic carbocycles. The van der Waals surface area contributed by atoms with Gasteiger partial charge in [0.1, 0.15) is 40.1 Å². The molecule has 8 nitrogen and oxygen atoms in total. The number of phenolic OH excluding ortho intramolecular Hbond substituents is 1. The summed E-state index contributed by atoms with van der Waals surface area (Å²) in [5, 5.41) is 31.7. The van der Waals surface area contributed by atoms with E-state index in [0.29, 0.717) is 25.8 Å². The first-order chi connectivity index (χ1) is 30.4. The number of likely N-dealkylation sites (tertiary alicyclic amines) is 1. The minimum atomic E-state index is -0.774. The van der Waals surface area contributed by atoms with Crippen LogP contribution in [0.5, 0.6) is 5.75 Å². The Balaban J connectivity index is 0.000000658. The number of benzene rings is 4. The van der Waals surface area contributed by atoms with E-state index in [0.717, 1.165) is 108 Å². The molecule has 0 spiro atoms. The molecule has 2 saturated heterocycles. The summed E-state index contributed by atoms with van der Waals surface area (Å²) >= 11 is 1.77. The van der Waals surface area contributed by atoms with Crippen molar-refractivity contribution in [1.82, 2.24) is 19.7 Å². The summed E-state index contributed by atoms with van der Waals surface area (Å²) < 4.78 is 45.5. The lowest BCUT2D eigenvalue weighted by Gasteiger charge is -2.43. The van der Waals surface area contributed by atoms with Gasteiger partial charge in [0, 0.05) is 52.8 Å². The van der Waals surface area contributed by atoms with E-state index in [1.807, 2.05) is 13.0 Å². The van der Waals surface area contributed by atoms with Gasteiger partial charge in [0.25, 0.3) is 0 Å². The number of hydrogen-bond acceptors (Lipinski definition) is 8. The topological polar surface area (TPSA) is 90.0 Å². The Hall–Kier alpha value is -5.30. The SMILES string of the molecule is Cc1sc2c(c1C)C(c1ccc(N3CCC(O)(CN4CCC(c5cc(F)c([C@@H]6CCCc7cc(O)ccc76)c(F)c5)CC4)CC3)cc1)=N[C@@H](C)c1nnc(C)n1-2.Fc1ccccc1. The van der Waals surface area contributed by atoms with Crippen molar-refractivity contribution >= 4 is 22.7 Å². The second kappa shape index (κ2) is 17.7. The van der Waals surface area contributed by atoms with Crippen molar-refractivity contribution < 1.29 is 23.4 Å². The summed E-state index contributed by atoms with van der Waals surface area (Å²) in [6, 6.07) is 24.8. The molecule has 0 saturated carbocycles. The number of rotatable bonds is 6. The number of phenols is 1. The smallest absolute Gasteiger partial charge is 0.162 e. The molecule has 3 aliphatic heterocycles. The molecule has 0 radical (unpaired) electrons. The molecule has 2 aromatic heterocycles. The number of hydrogen-bond donors (Lipinski definition) is 2. The number of anilines is 1. The zero-order chi connectivity index (χ0) is 44.0. The second-order valence-corrected chi connectivity index (χ2v) is 19.1. The molecule has 6 aromatic rings. The van der Waals surface area contributed by atoms with Gasteiger partial charge in [0.05, 0.1) is 11.3 Å². The molecule has 4 aromatic carbocycles. The van der Waals surface area contributed by atoms with Gasteiger partial charge in [-0.3, -0.25) is 9.56 Å². The number of aliphatic hydroxyl groups is 1. The van der Waals surface area contributed by atoms with E-state index >= 15 is 8.78 Å². The van der Waals surface area contributed by atoms with Crippen molar-refractivity contribution in [2.75, 3.05) is 37.6 Å². The first-order valence-electron chi connectivity index (χ1n) is 22.3. The predicted molar refractivity (Wildman–Crippen MR) is 244 cm³/mol. The van der Waals surface area contributed by atoms with E-state index in [1.165, 1.54) is 22.6 Å². The van der Waals surface area contributed by atoms with Crippen LogP contribution in [0.25, 0.3) is 5.00 Å². The quantitative estimate of drug-likeness (QED) is 0.173. The first-order valence-corrected chi connectivity index (χ1v) is 23.1. The molecule has 63 heavy (non-hydrogen) atoms. The van der Waals surface area contributed by atoms with Crippen LogP contribution in [0.15, 0.2) is 89.9 Å². The predicted octanol–water partition coefficient (Wildman–Crippen LogP) is 10.7. The van der Waals surface area contributed by atoms with Crippen molar-refractivity contribution in [3.8, 4) is 10.8 Å². The zero-order valence-electron chi connectivity index (χ0n) is 36.4. The Labute approximate surface area is 371 Å². The summed E-state index contributed by atoms with van der Waals surface area (Å²) in [5.41, 5.74) is 7.59. The second-order valence-electron chi connectivity index (χ2n) is 17.9. The van der Waals surface area contributed by atoms with Crippen LogP contribution in [-0.4, -0.2) is 73.9 Å². The number of β-amino-alcohol motifs (C(OH)–C–C–N with tert-alkyl or cyclic N) is 1. The molecule has 328 valence electrons. The van der Waals surface area contributed by atoms with E-state index in [1.54, 1.807) is 53.8 Å². The van der Waals surface area contributed by atoms with E-state index in [2.05, 4.69) is 69.6 Å². The Bertz CT molecular complexity index is 2600. The maximum atomic E-state index is 15.7. The van der Waals surface area contributed by atoms with Crippen LogP contribution in [0.3, 0.4) is 0 Å². The van der Waals surface area contributed by atoms with Crippen molar-refractivity contribution in [2.24, 2.45) is 4.99 Å². The van der Waals surface area contributed by atoms with E-state index in [-0.39, 0.29) is 35.0 Å². The third-order valence-corrected chi connectivity index (χ3v) is 14.9. The number of aliphatic imine (C=N–C) groups is 1. The average molecular weight is 873 g/mol. The van der Waals surface area contributed by atoms with Gasteiger partial charge in [-0.1, -0.05) is 36.4 Å². The normalized spacial score (nSPS) is 19.9. The fraction of sp³-hybridized carbons (Fsp3) is 0.392. The molecule has 2 atom stereocenters. The maximum absolute atomic E-state index is 15.7. The van der Waals surface area contributed by atoms with Crippen LogP contribution in [0.2, 0.25) is 0 Å². The molecular formula is C51H55F3N6O2S. The molecule has 0 bridgehead atoms. The van der Waals surface area contributed by atoms with Crippen molar-refractivity contribution in [3.63, 3.8) is 0 Å². The van der Waals surface area contributed by atoms with E-state index in [4.69, 9.17) is 4.99 Å². The monoisotopic (exact) mass is 872 g/mol. The van der Waals surface area contributed by atoms with Gasteiger partial charge in [-0.15, -0.1) is 21.5 Å². The maximum Gasteiger partial charge on any atom is 0.162 e. The Morgan fingerprint density at radius 2 is 1.52 bits per heavy atom. The lowest BCUT2D eigenvalue weighted by atomic mass is 9.77. The van der Waals surface area contributed by atoms with Crippen molar-refractivity contribution in [3.05, 3.63) is 158 Å². The van der Waals surface area contributed by atoms with Crippen LogP contribution in [0.4, 0.5) is 18.9 Å². The number of halogens is 3. The number of aryl methyl sites for hydroxylation is 3. The fourth-order valence-corrected chi connectivity index (χ4v) is 11.4. The molecule has 4 aliphatic rings. The summed E-state index contributed by atoms with van der Waals surface area (Å²) in [5.74, 6) is 0.537. The Morgan fingerprint density at radius 1 is 0.825 bits per heavy atom. The minimum Gasteiger partial charge on any atom is -0.508 e.